The normalized spacial score (nSPS) is 19.4. The van der Waals surface area contributed by atoms with Gasteiger partial charge in [-0.3, -0.25) is 4.79 Å². The highest BCUT2D eigenvalue weighted by atomic mass is 32.2. The van der Waals surface area contributed by atoms with E-state index in [1.165, 1.54) is 22.6 Å². The predicted octanol–water partition coefficient (Wildman–Crippen LogP) is 1.22. The second-order valence-electron chi connectivity index (χ2n) is 5.49. The molecule has 1 aromatic heterocycles. The minimum absolute atomic E-state index is 0.0109. The summed E-state index contributed by atoms with van der Waals surface area (Å²) < 4.78 is 44.0. The van der Waals surface area contributed by atoms with Crippen molar-refractivity contribution in [2.75, 3.05) is 19.7 Å². The Bertz CT molecular complexity index is 719. The molecule has 7 nitrogen and oxygen atoms in total. The van der Waals surface area contributed by atoms with Gasteiger partial charge in [-0.2, -0.15) is 4.31 Å². The Kier molecular flexibility index (Phi) is 5.89. The highest BCUT2D eigenvalue weighted by Gasteiger charge is 2.35. The first-order valence-electron chi connectivity index (χ1n) is 7.55. The van der Waals surface area contributed by atoms with Crippen LogP contribution in [-0.4, -0.2) is 43.3 Å². The summed E-state index contributed by atoms with van der Waals surface area (Å²) in [5, 5.41) is 0. The number of hydrogen-bond acceptors (Lipinski definition) is 5. The fourth-order valence-corrected chi connectivity index (χ4v) is 3.76. The van der Waals surface area contributed by atoms with Crippen molar-refractivity contribution < 1.29 is 22.3 Å². The Balaban J connectivity index is 2.05. The zero-order valence-corrected chi connectivity index (χ0v) is 14.1. The fraction of sp³-hybridized carbons (Fsp3) is 0.467. The van der Waals surface area contributed by atoms with E-state index in [-0.39, 0.29) is 30.5 Å². The molecule has 132 valence electrons. The van der Waals surface area contributed by atoms with Gasteiger partial charge in [0, 0.05) is 19.2 Å². The predicted molar refractivity (Wildman–Crippen MR) is 85.3 cm³/mol. The van der Waals surface area contributed by atoms with Crippen LogP contribution in [0, 0.1) is 5.92 Å². The van der Waals surface area contributed by atoms with Gasteiger partial charge in [-0.15, -0.1) is 0 Å². The second kappa shape index (κ2) is 7.71. The van der Waals surface area contributed by atoms with Crippen molar-refractivity contribution in [3.63, 3.8) is 0 Å². The van der Waals surface area contributed by atoms with E-state index in [0.29, 0.717) is 24.7 Å². The van der Waals surface area contributed by atoms with E-state index in [4.69, 9.17) is 10.5 Å². The molecular weight excluding hydrogens is 337 g/mol. The van der Waals surface area contributed by atoms with Crippen LogP contribution in [0.2, 0.25) is 0 Å². The number of amides is 1. The van der Waals surface area contributed by atoms with Gasteiger partial charge in [0.15, 0.2) is 0 Å². The molecule has 1 aliphatic heterocycles. The monoisotopic (exact) mass is 357 g/mol. The SMILES string of the molecule is CC/C(=C\F)COc1ccc(S(=O)(=O)N2CC[C@@H](C(N)=O)C2)cn1. The maximum atomic E-state index is 12.5. The summed E-state index contributed by atoms with van der Waals surface area (Å²) in [4.78, 5) is 15.1. The van der Waals surface area contributed by atoms with Crippen LogP contribution in [0.5, 0.6) is 5.88 Å². The van der Waals surface area contributed by atoms with Crippen molar-refractivity contribution in [2.24, 2.45) is 11.7 Å². The van der Waals surface area contributed by atoms with Crippen LogP contribution in [-0.2, 0) is 14.8 Å². The minimum Gasteiger partial charge on any atom is -0.473 e. The quantitative estimate of drug-likeness (QED) is 0.790. The van der Waals surface area contributed by atoms with E-state index >= 15 is 0 Å². The van der Waals surface area contributed by atoms with Crippen LogP contribution in [0.15, 0.2) is 35.1 Å². The van der Waals surface area contributed by atoms with E-state index in [0.717, 1.165) is 0 Å². The Hall–Kier alpha value is -2.00. The van der Waals surface area contributed by atoms with Gasteiger partial charge >= 0.3 is 0 Å². The molecule has 1 saturated heterocycles. The van der Waals surface area contributed by atoms with E-state index in [1.54, 1.807) is 6.92 Å². The van der Waals surface area contributed by atoms with Gasteiger partial charge in [0.1, 0.15) is 11.5 Å². The molecule has 2 N–H and O–H groups in total. The molecule has 24 heavy (non-hydrogen) atoms. The number of rotatable bonds is 7. The van der Waals surface area contributed by atoms with Crippen LogP contribution in [0.4, 0.5) is 4.39 Å². The molecular formula is C15H20FN3O4S. The lowest BCUT2D eigenvalue weighted by molar-refractivity contribution is -0.121. The number of carbonyl (C=O) groups is 1. The molecule has 2 heterocycles. The lowest BCUT2D eigenvalue weighted by Gasteiger charge is -2.16. The zero-order valence-electron chi connectivity index (χ0n) is 13.3. The van der Waals surface area contributed by atoms with Crippen molar-refractivity contribution in [1.82, 2.24) is 9.29 Å². The number of primary amides is 1. The summed E-state index contributed by atoms with van der Waals surface area (Å²) in [6.45, 7) is 2.18. The van der Waals surface area contributed by atoms with Gasteiger partial charge in [0.05, 0.1) is 18.4 Å². The van der Waals surface area contributed by atoms with Crippen LogP contribution in [0.3, 0.4) is 0 Å². The number of nitrogens with two attached hydrogens (primary N) is 1. The maximum absolute atomic E-state index is 12.5. The molecule has 2 rings (SSSR count). The number of aromatic nitrogens is 1. The van der Waals surface area contributed by atoms with Crippen molar-refractivity contribution in [2.45, 2.75) is 24.7 Å². The smallest absolute Gasteiger partial charge is 0.244 e. The van der Waals surface area contributed by atoms with Crippen molar-refractivity contribution in [3.05, 3.63) is 30.2 Å². The Labute approximate surface area is 140 Å². The molecule has 0 saturated carbocycles. The third-order valence-electron chi connectivity index (χ3n) is 3.91. The standard InChI is InChI=1S/C15H20FN3O4S/c1-2-11(7-16)10-23-14-4-3-13(8-18-14)24(21,22)19-6-5-12(9-19)15(17)20/h3-4,7-8,12H,2,5-6,9-10H2,1H3,(H2,17,20)/b11-7+/t12-/m1/s1. The average Bonchev–Trinajstić information content (AvgIpc) is 3.07. The molecule has 0 spiro atoms. The van der Waals surface area contributed by atoms with E-state index in [1.807, 2.05) is 0 Å². The maximum Gasteiger partial charge on any atom is 0.244 e. The van der Waals surface area contributed by atoms with Crippen LogP contribution >= 0.6 is 0 Å². The van der Waals surface area contributed by atoms with E-state index in [2.05, 4.69) is 4.98 Å². The van der Waals surface area contributed by atoms with Crippen molar-refractivity contribution in [3.8, 4) is 5.88 Å². The lowest BCUT2D eigenvalue weighted by Crippen LogP contribution is -2.31. The molecule has 1 amide bonds. The minimum atomic E-state index is -3.73. The molecule has 1 atom stereocenters. The molecule has 1 aromatic rings. The second-order valence-corrected chi connectivity index (χ2v) is 7.43. The van der Waals surface area contributed by atoms with Gasteiger partial charge in [-0.25, -0.2) is 17.8 Å². The number of ether oxygens (including phenoxy) is 1. The molecule has 0 aliphatic carbocycles. The average molecular weight is 357 g/mol. The van der Waals surface area contributed by atoms with Crippen molar-refractivity contribution in [1.29, 1.82) is 0 Å². The number of nitrogens with zero attached hydrogens (tertiary/aromatic N) is 2. The van der Waals surface area contributed by atoms with Crippen LogP contribution in [0.25, 0.3) is 0 Å². The topological polar surface area (TPSA) is 103 Å². The van der Waals surface area contributed by atoms with Gasteiger partial charge in [-0.1, -0.05) is 6.92 Å². The number of hydrogen-bond donors (Lipinski definition) is 1. The third kappa shape index (κ3) is 4.09. The summed E-state index contributed by atoms with van der Waals surface area (Å²) >= 11 is 0. The summed E-state index contributed by atoms with van der Waals surface area (Å²) in [6, 6.07) is 2.79. The molecule has 0 unspecified atom stereocenters. The fourth-order valence-electron chi connectivity index (χ4n) is 2.31. The summed E-state index contributed by atoms with van der Waals surface area (Å²) in [6.07, 6.45) is 2.60. The molecule has 0 aromatic carbocycles. The molecule has 0 radical (unpaired) electrons. The van der Waals surface area contributed by atoms with E-state index < -0.39 is 21.8 Å². The first-order chi connectivity index (χ1) is 11.4. The van der Waals surface area contributed by atoms with Gasteiger partial charge in [0.2, 0.25) is 21.8 Å². The van der Waals surface area contributed by atoms with Crippen molar-refractivity contribution >= 4 is 15.9 Å². The highest BCUT2D eigenvalue weighted by molar-refractivity contribution is 7.89. The lowest BCUT2D eigenvalue weighted by atomic mass is 10.1. The number of sulfonamides is 1. The Morgan fingerprint density at radius 1 is 1.54 bits per heavy atom. The van der Waals surface area contributed by atoms with Gasteiger partial charge < -0.3 is 10.5 Å². The Morgan fingerprint density at radius 2 is 2.29 bits per heavy atom. The zero-order chi connectivity index (χ0) is 17.7. The van der Waals surface area contributed by atoms with Crippen LogP contribution in [0.1, 0.15) is 19.8 Å². The summed E-state index contributed by atoms with van der Waals surface area (Å²) in [7, 11) is -3.73. The molecule has 0 bridgehead atoms. The number of carbonyl (C=O) groups excluding carboxylic acids is 1. The van der Waals surface area contributed by atoms with E-state index in [9.17, 15) is 17.6 Å². The summed E-state index contributed by atoms with van der Waals surface area (Å²) in [5.74, 6) is -0.754. The Morgan fingerprint density at radius 3 is 2.79 bits per heavy atom. The summed E-state index contributed by atoms with van der Waals surface area (Å²) in [5.41, 5.74) is 5.70. The van der Waals surface area contributed by atoms with Gasteiger partial charge in [-0.05, 0) is 24.5 Å². The number of halogens is 1. The molecule has 1 fully saturated rings. The number of pyridine rings is 1. The largest absolute Gasteiger partial charge is 0.473 e. The highest BCUT2D eigenvalue weighted by Crippen LogP contribution is 2.24. The first-order valence-corrected chi connectivity index (χ1v) is 8.99. The molecule has 1 aliphatic rings. The van der Waals surface area contributed by atoms with Crippen LogP contribution < -0.4 is 10.5 Å². The molecule has 9 heteroatoms. The van der Waals surface area contributed by atoms with Gasteiger partial charge in [0.25, 0.3) is 0 Å². The third-order valence-corrected chi connectivity index (χ3v) is 5.76. The first kappa shape index (κ1) is 18.3.